The molecule has 0 bridgehead atoms. The van der Waals surface area contributed by atoms with Crippen LogP contribution in [0.3, 0.4) is 0 Å². The van der Waals surface area contributed by atoms with Gasteiger partial charge in [0.25, 0.3) is 5.56 Å². The van der Waals surface area contributed by atoms with Crippen molar-refractivity contribution < 1.29 is 0 Å². The number of H-pyrrole nitrogens is 1. The largest absolute Gasteiger partial charge is 0.349 e. The Kier molecular flexibility index (Phi) is 6.77. The summed E-state index contributed by atoms with van der Waals surface area (Å²) in [5.74, 6) is 0.345. The molecule has 0 aliphatic carbocycles. The lowest BCUT2D eigenvalue weighted by atomic mass is 10.0. The predicted octanol–water partition coefficient (Wildman–Crippen LogP) is 4.11. The van der Waals surface area contributed by atoms with Gasteiger partial charge in [-0.3, -0.25) is 9.78 Å². The molecule has 0 saturated heterocycles. The minimum Gasteiger partial charge on any atom is -0.322 e. The minimum absolute atomic E-state index is 0.206. The van der Waals surface area contributed by atoms with Crippen LogP contribution in [0.15, 0.2) is 52.1 Å². The first-order chi connectivity index (χ1) is 14.6. The number of aryl methyl sites for hydroxylation is 4. The third kappa shape index (κ3) is 4.32. The van der Waals surface area contributed by atoms with Gasteiger partial charge in [0.1, 0.15) is 0 Å². The predicted molar refractivity (Wildman–Crippen MR) is 121 cm³/mol. The smallest absolute Gasteiger partial charge is 0.322 e. The molecule has 0 atom stereocenters. The SMILES string of the molecule is CC.CCc1cc2nc3c(=O)[nH]c(=O)nc-3n(CCCc3ccccc3)c2cc1C. The first kappa shape index (κ1) is 21.4. The van der Waals surface area contributed by atoms with E-state index in [1.54, 1.807) is 0 Å². The summed E-state index contributed by atoms with van der Waals surface area (Å²) in [5.41, 5.74) is 4.33. The van der Waals surface area contributed by atoms with E-state index in [9.17, 15) is 9.59 Å². The Morgan fingerprint density at radius 2 is 1.77 bits per heavy atom. The summed E-state index contributed by atoms with van der Waals surface area (Å²) >= 11 is 0. The molecule has 2 aromatic rings. The van der Waals surface area contributed by atoms with E-state index in [0.717, 1.165) is 30.3 Å². The van der Waals surface area contributed by atoms with Crippen LogP contribution in [0, 0.1) is 6.92 Å². The summed E-state index contributed by atoms with van der Waals surface area (Å²) in [5, 5.41) is 0. The lowest BCUT2D eigenvalue weighted by Gasteiger charge is -2.18. The van der Waals surface area contributed by atoms with Crippen LogP contribution in [0.5, 0.6) is 0 Å². The molecule has 0 radical (unpaired) electrons. The van der Waals surface area contributed by atoms with Gasteiger partial charge in [0, 0.05) is 6.54 Å². The quantitative estimate of drug-likeness (QED) is 0.508. The number of aromatic amines is 1. The highest BCUT2D eigenvalue weighted by atomic mass is 16.2. The first-order valence-electron chi connectivity index (χ1n) is 10.5. The van der Waals surface area contributed by atoms with E-state index in [4.69, 9.17) is 0 Å². The molecule has 156 valence electrons. The molecule has 0 fully saturated rings. The maximum Gasteiger partial charge on any atom is 0.349 e. The van der Waals surface area contributed by atoms with Gasteiger partial charge in [0.15, 0.2) is 11.5 Å². The van der Waals surface area contributed by atoms with Gasteiger partial charge >= 0.3 is 5.69 Å². The summed E-state index contributed by atoms with van der Waals surface area (Å²) in [4.78, 5) is 35.0. The Bertz CT molecular complexity index is 1230. The van der Waals surface area contributed by atoms with Crippen LogP contribution in [-0.2, 0) is 19.4 Å². The summed E-state index contributed by atoms with van der Waals surface area (Å²) in [6, 6.07) is 14.4. The number of rotatable bonds is 5. The van der Waals surface area contributed by atoms with Gasteiger partial charge in [-0.25, -0.2) is 9.78 Å². The molecular weight excluding hydrogens is 376 g/mol. The lowest BCUT2D eigenvalue weighted by molar-refractivity contribution is 0.648. The molecule has 4 rings (SSSR count). The molecule has 30 heavy (non-hydrogen) atoms. The number of fused-ring (bicyclic) bond motifs is 2. The summed E-state index contributed by atoms with van der Waals surface area (Å²) in [6.07, 6.45) is 2.66. The van der Waals surface area contributed by atoms with Gasteiger partial charge < -0.3 is 4.57 Å². The zero-order valence-electron chi connectivity index (χ0n) is 18.0. The highest BCUT2D eigenvalue weighted by molar-refractivity contribution is 5.81. The van der Waals surface area contributed by atoms with Crippen molar-refractivity contribution in [3.05, 3.63) is 80.0 Å². The monoisotopic (exact) mass is 404 g/mol. The Morgan fingerprint density at radius 3 is 2.47 bits per heavy atom. The number of hydrogen-bond donors (Lipinski definition) is 1. The van der Waals surface area contributed by atoms with Crippen molar-refractivity contribution in [3.63, 3.8) is 0 Å². The van der Waals surface area contributed by atoms with Crippen LogP contribution >= 0.6 is 0 Å². The van der Waals surface area contributed by atoms with Crippen LogP contribution in [0.2, 0.25) is 0 Å². The highest BCUT2D eigenvalue weighted by Crippen LogP contribution is 2.24. The van der Waals surface area contributed by atoms with Crippen molar-refractivity contribution in [1.29, 1.82) is 0 Å². The zero-order valence-corrected chi connectivity index (χ0v) is 18.0. The molecule has 0 saturated carbocycles. The Morgan fingerprint density at radius 1 is 1.03 bits per heavy atom. The van der Waals surface area contributed by atoms with E-state index < -0.39 is 11.2 Å². The van der Waals surface area contributed by atoms with Crippen molar-refractivity contribution in [2.45, 2.75) is 53.5 Å². The molecule has 1 N–H and O–H groups in total. The molecule has 6 heteroatoms. The molecule has 0 amide bonds. The van der Waals surface area contributed by atoms with E-state index in [2.05, 4.69) is 47.0 Å². The Hall–Kier alpha value is -3.28. The van der Waals surface area contributed by atoms with Gasteiger partial charge in [0.2, 0.25) is 0 Å². The van der Waals surface area contributed by atoms with Crippen molar-refractivity contribution in [2.75, 3.05) is 0 Å². The fraction of sp³-hybridized carbons (Fsp3) is 0.333. The third-order valence-electron chi connectivity index (χ3n) is 5.14. The van der Waals surface area contributed by atoms with E-state index in [-0.39, 0.29) is 5.69 Å². The number of benzene rings is 2. The van der Waals surface area contributed by atoms with Gasteiger partial charge in [-0.1, -0.05) is 51.1 Å². The first-order valence-corrected chi connectivity index (χ1v) is 10.5. The topological polar surface area (TPSA) is 80.6 Å². The summed E-state index contributed by atoms with van der Waals surface area (Å²) < 4.78 is 1.96. The average molecular weight is 405 g/mol. The number of nitrogens with one attached hydrogen (secondary N) is 1. The van der Waals surface area contributed by atoms with Gasteiger partial charge in [0.05, 0.1) is 11.0 Å². The fourth-order valence-electron chi connectivity index (χ4n) is 3.68. The zero-order chi connectivity index (χ0) is 21.7. The van der Waals surface area contributed by atoms with Crippen LogP contribution in [-0.4, -0.2) is 19.5 Å². The normalized spacial score (nSPS) is 10.8. The molecule has 2 aliphatic heterocycles. The van der Waals surface area contributed by atoms with E-state index in [0.29, 0.717) is 12.4 Å². The minimum atomic E-state index is -0.641. The fourth-order valence-corrected chi connectivity index (χ4v) is 3.68. The third-order valence-corrected chi connectivity index (χ3v) is 5.14. The second kappa shape index (κ2) is 9.48. The van der Waals surface area contributed by atoms with Crippen LogP contribution in [0.4, 0.5) is 0 Å². The van der Waals surface area contributed by atoms with E-state index in [1.807, 2.05) is 42.7 Å². The molecule has 0 unspecified atom stereocenters. The van der Waals surface area contributed by atoms with Crippen LogP contribution < -0.4 is 11.2 Å². The molecule has 0 spiro atoms. The van der Waals surface area contributed by atoms with Crippen molar-refractivity contribution in [2.24, 2.45) is 0 Å². The second-order valence-electron chi connectivity index (χ2n) is 7.02. The average Bonchev–Trinajstić information content (AvgIpc) is 2.76. The summed E-state index contributed by atoms with van der Waals surface area (Å²) in [7, 11) is 0. The maximum atomic E-state index is 12.3. The standard InChI is InChI=1S/C22H22N4O2.C2H6/c1-3-16-13-17-18(12-14(16)2)26(11-7-10-15-8-5-4-6-9-15)20-19(23-17)21(27)25-22(28)24-20;1-2/h4-6,8-9,12-13H,3,7,10-11H2,1-2H3,(H,25,27,28);1-2H3. The highest BCUT2D eigenvalue weighted by Gasteiger charge is 2.19. The van der Waals surface area contributed by atoms with E-state index in [1.165, 1.54) is 16.7 Å². The molecule has 0 aromatic heterocycles. The van der Waals surface area contributed by atoms with E-state index >= 15 is 0 Å². The van der Waals surface area contributed by atoms with Crippen molar-refractivity contribution in [3.8, 4) is 11.5 Å². The van der Waals surface area contributed by atoms with Crippen molar-refractivity contribution >= 4 is 11.0 Å². The van der Waals surface area contributed by atoms with Gasteiger partial charge in [-0.05, 0) is 55.0 Å². The maximum absolute atomic E-state index is 12.3. The molecule has 2 heterocycles. The lowest BCUT2D eigenvalue weighted by Crippen LogP contribution is -2.29. The molecule has 6 nitrogen and oxygen atoms in total. The Balaban J connectivity index is 0.00000124. The van der Waals surface area contributed by atoms with Gasteiger partial charge in [-0.15, -0.1) is 0 Å². The van der Waals surface area contributed by atoms with Gasteiger partial charge in [-0.2, -0.15) is 4.98 Å². The number of aromatic nitrogens is 4. The molecular formula is C24H28N4O2. The number of hydrogen-bond acceptors (Lipinski definition) is 4. The second-order valence-corrected chi connectivity index (χ2v) is 7.02. The Labute approximate surface area is 176 Å². The van der Waals surface area contributed by atoms with Crippen LogP contribution in [0.25, 0.3) is 22.6 Å². The molecule has 2 aliphatic rings. The number of nitrogens with zero attached hydrogens (tertiary/aromatic N) is 3. The summed E-state index contributed by atoms with van der Waals surface area (Å²) in [6.45, 7) is 8.81. The van der Waals surface area contributed by atoms with Crippen molar-refractivity contribution in [1.82, 2.24) is 19.5 Å². The van der Waals surface area contributed by atoms with Crippen LogP contribution in [0.1, 0.15) is 43.9 Å². The molecule has 2 aromatic carbocycles.